The number of allylic oxidation sites excluding steroid dienone is 4. The molecule has 7 heteroatoms. The average molecular weight is 445 g/mol. The van der Waals surface area contributed by atoms with E-state index in [9.17, 15) is 29.4 Å². The lowest BCUT2D eigenvalue weighted by atomic mass is 9.46. The number of hydrogen-bond acceptors (Lipinski definition) is 7. The van der Waals surface area contributed by atoms with Crippen molar-refractivity contribution in [2.45, 2.75) is 70.5 Å². The molecule has 0 bridgehead atoms. The molecule has 0 aromatic heterocycles. The first-order valence-corrected chi connectivity index (χ1v) is 11.5. The van der Waals surface area contributed by atoms with Gasteiger partial charge in [-0.15, -0.1) is 0 Å². The van der Waals surface area contributed by atoms with Crippen LogP contribution in [0, 0.1) is 28.6 Å². The van der Waals surface area contributed by atoms with E-state index in [1.165, 1.54) is 0 Å². The van der Waals surface area contributed by atoms with Crippen LogP contribution >= 0.6 is 0 Å². The zero-order valence-electron chi connectivity index (χ0n) is 18.7. The molecule has 0 radical (unpaired) electrons. The van der Waals surface area contributed by atoms with Crippen LogP contribution in [0.1, 0.15) is 58.8 Å². The van der Waals surface area contributed by atoms with Crippen molar-refractivity contribution in [3.8, 4) is 0 Å². The van der Waals surface area contributed by atoms with Crippen molar-refractivity contribution in [1.82, 2.24) is 0 Å². The molecule has 7 nitrogen and oxygen atoms in total. The fraction of sp³-hybridized carbons (Fsp3) is 0.680. The molecular weight excluding hydrogens is 412 g/mol. The molecule has 0 heterocycles. The highest BCUT2D eigenvalue weighted by molar-refractivity contribution is 6.01. The van der Waals surface area contributed by atoms with Gasteiger partial charge in [0.1, 0.15) is 11.9 Å². The van der Waals surface area contributed by atoms with Crippen LogP contribution in [0.5, 0.6) is 0 Å². The molecule has 174 valence electrons. The van der Waals surface area contributed by atoms with Crippen molar-refractivity contribution in [3.05, 3.63) is 23.8 Å². The summed E-state index contributed by atoms with van der Waals surface area (Å²) < 4.78 is 5.02. The van der Waals surface area contributed by atoms with Gasteiger partial charge in [0.15, 0.2) is 12.4 Å². The van der Waals surface area contributed by atoms with Crippen LogP contribution < -0.4 is 0 Å². The second-order valence-corrected chi connectivity index (χ2v) is 10.4. The summed E-state index contributed by atoms with van der Waals surface area (Å²) in [5.74, 6) is -1.13. The molecule has 0 aliphatic heterocycles. The van der Waals surface area contributed by atoms with Crippen LogP contribution in [0.3, 0.4) is 0 Å². The standard InChI is InChI=1S/C25H32O7/c1-23-9-7-16(27)12-15(23)5-6-17-18-8-10-25(31,24(18,2)13-19(28)22(17)23)20(29)14-32-21(30)4-3-11-26/h7,9,11-12,17-19,22,28,31H,3-6,8,10,13-14H2,1-2H3/t17?,18?,19-,22?,23-,24-,25-/m0/s1. The summed E-state index contributed by atoms with van der Waals surface area (Å²) in [6.45, 7) is 3.43. The highest BCUT2D eigenvalue weighted by atomic mass is 16.5. The fourth-order valence-corrected chi connectivity index (χ4v) is 7.30. The van der Waals surface area contributed by atoms with Crippen molar-refractivity contribution in [2.24, 2.45) is 28.6 Å². The molecule has 32 heavy (non-hydrogen) atoms. The first kappa shape index (κ1) is 23.1. The van der Waals surface area contributed by atoms with Crippen LogP contribution in [0.25, 0.3) is 0 Å². The van der Waals surface area contributed by atoms with Crippen molar-refractivity contribution in [3.63, 3.8) is 0 Å². The number of esters is 1. The van der Waals surface area contributed by atoms with E-state index in [1.807, 2.05) is 13.0 Å². The zero-order valence-corrected chi connectivity index (χ0v) is 18.7. The Morgan fingerprint density at radius 2 is 2.03 bits per heavy atom. The van der Waals surface area contributed by atoms with E-state index in [0.29, 0.717) is 12.7 Å². The Morgan fingerprint density at radius 1 is 1.28 bits per heavy atom. The van der Waals surface area contributed by atoms with Crippen LogP contribution in [0.2, 0.25) is 0 Å². The Balaban J connectivity index is 1.56. The predicted molar refractivity (Wildman–Crippen MR) is 114 cm³/mol. The summed E-state index contributed by atoms with van der Waals surface area (Å²) in [6, 6.07) is 0. The van der Waals surface area contributed by atoms with E-state index < -0.39 is 40.9 Å². The number of fused-ring (bicyclic) bond motifs is 5. The van der Waals surface area contributed by atoms with Gasteiger partial charge in [0.2, 0.25) is 5.78 Å². The lowest BCUT2D eigenvalue weighted by Gasteiger charge is -2.59. The number of ketones is 2. The first-order chi connectivity index (χ1) is 15.1. The molecule has 4 aliphatic carbocycles. The number of ether oxygens (including phenoxy) is 1. The van der Waals surface area contributed by atoms with Crippen LogP contribution in [-0.4, -0.2) is 52.3 Å². The van der Waals surface area contributed by atoms with Gasteiger partial charge in [-0.3, -0.25) is 14.4 Å². The third-order valence-electron chi connectivity index (χ3n) is 8.94. The fourth-order valence-electron chi connectivity index (χ4n) is 7.30. The average Bonchev–Trinajstić information content (AvgIpc) is 3.02. The molecule has 3 fully saturated rings. The highest BCUT2D eigenvalue weighted by Gasteiger charge is 2.68. The SMILES string of the molecule is C[C@]12C=CC(=O)C=C1CCC1C2[C@@H](O)C[C@@]2(C)C1CC[C@]2(O)C(=O)COC(=O)CCC=O. The smallest absolute Gasteiger partial charge is 0.306 e. The third kappa shape index (κ3) is 3.32. The molecule has 0 aromatic rings. The Labute approximate surface area is 187 Å². The summed E-state index contributed by atoms with van der Waals surface area (Å²) in [7, 11) is 0. The van der Waals surface area contributed by atoms with Gasteiger partial charge in [-0.1, -0.05) is 25.5 Å². The predicted octanol–water partition coefficient (Wildman–Crippen LogP) is 2.09. The molecule has 0 spiro atoms. The normalized spacial score (nSPS) is 42.4. The van der Waals surface area contributed by atoms with Gasteiger partial charge in [0.25, 0.3) is 0 Å². The van der Waals surface area contributed by atoms with E-state index in [1.54, 1.807) is 12.2 Å². The Hall–Kier alpha value is -2.12. The zero-order chi connectivity index (χ0) is 23.3. The third-order valence-corrected chi connectivity index (χ3v) is 8.94. The number of hydrogen-bond donors (Lipinski definition) is 2. The van der Waals surface area contributed by atoms with Crippen molar-refractivity contribution >= 4 is 23.8 Å². The van der Waals surface area contributed by atoms with Gasteiger partial charge in [-0.2, -0.15) is 0 Å². The van der Waals surface area contributed by atoms with E-state index in [-0.39, 0.29) is 49.2 Å². The maximum absolute atomic E-state index is 13.1. The summed E-state index contributed by atoms with van der Waals surface area (Å²) in [6.07, 6.45) is 7.77. The number of aliphatic hydroxyl groups excluding tert-OH is 1. The first-order valence-electron chi connectivity index (χ1n) is 11.5. The van der Waals surface area contributed by atoms with Crippen LogP contribution in [0.4, 0.5) is 0 Å². The van der Waals surface area contributed by atoms with Gasteiger partial charge in [0, 0.05) is 23.2 Å². The second-order valence-electron chi connectivity index (χ2n) is 10.4. The minimum absolute atomic E-state index is 0.0189. The topological polar surface area (TPSA) is 118 Å². The molecule has 3 saturated carbocycles. The van der Waals surface area contributed by atoms with Gasteiger partial charge in [-0.25, -0.2) is 0 Å². The molecule has 7 atom stereocenters. The molecule has 2 N–H and O–H groups in total. The van der Waals surface area contributed by atoms with Crippen LogP contribution in [0.15, 0.2) is 23.8 Å². The number of Topliss-reactive ketones (excluding diaryl/α,β-unsaturated/α-hetero) is 1. The molecule has 0 aromatic carbocycles. The van der Waals surface area contributed by atoms with Gasteiger partial charge in [0.05, 0.1) is 12.5 Å². The summed E-state index contributed by atoms with van der Waals surface area (Å²) in [4.78, 5) is 47.1. The lowest BCUT2D eigenvalue weighted by Crippen LogP contribution is -2.61. The summed E-state index contributed by atoms with van der Waals surface area (Å²) in [5, 5.41) is 22.9. The van der Waals surface area contributed by atoms with Gasteiger partial charge >= 0.3 is 5.97 Å². The number of aliphatic hydroxyl groups is 2. The second kappa shape index (κ2) is 8.03. The molecule has 0 saturated heterocycles. The van der Waals surface area contributed by atoms with Crippen molar-refractivity contribution in [1.29, 1.82) is 0 Å². The Kier molecular flexibility index (Phi) is 5.78. The highest BCUT2D eigenvalue weighted by Crippen LogP contribution is 2.67. The van der Waals surface area contributed by atoms with E-state index >= 15 is 0 Å². The lowest BCUT2D eigenvalue weighted by molar-refractivity contribution is -0.181. The Morgan fingerprint density at radius 3 is 2.75 bits per heavy atom. The van der Waals surface area contributed by atoms with E-state index in [2.05, 4.69) is 6.92 Å². The van der Waals surface area contributed by atoms with Gasteiger partial charge in [-0.05, 0) is 56.1 Å². The van der Waals surface area contributed by atoms with E-state index in [4.69, 9.17) is 4.74 Å². The number of carbonyl (C=O) groups is 4. The monoisotopic (exact) mass is 444 g/mol. The molecular formula is C25H32O7. The number of rotatable bonds is 6. The molecule has 3 unspecified atom stereocenters. The van der Waals surface area contributed by atoms with Crippen LogP contribution in [-0.2, 0) is 23.9 Å². The summed E-state index contributed by atoms with van der Waals surface area (Å²) in [5.41, 5.74) is -1.85. The molecule has 4 rings (SSSR count). The number of carbonyl (C=O) groups excluding carboxylic acids is 4. The number of aldehydes is 1. The van der Waals surface area contributed by atoms with Crippen molar-refractivity contribution < 1.29 is 34.1 Å². The quantitative estimate of drug-likeness (QED) is 0.476. The Bertz CT molecular complexity index is 904. The van der Waals surface area contributed by atoms with Gasteiger partial charge < -0.3 is 19.7 Å². The van der Waals surface area contributed by atoms with Crippen molar-refractivity contribution in [2.75, 3.05) is 6.61 Å². The van der Waals surface area contributed by atoms with E-state index in [0.717, 1.165) is 18.4 Å². The maximum atomic E-state index is 13.1. The molecule has 0 amide bonds. The molecule has 4 aliphatic rings. The minimum atomic E-state index is -1.68. The maximum Gasteiger partial charge on any atom is 0.306 e. The largest absolute Gasteiger partial charge is 0.458 e. The minimum Gasteiger partial charge on any atom is -0.458 e. The summed E-state index contributed by atoms with van der Waals surface area (Å²) >= 11 is 0.